The highest BCUT2D eigenvalue weighted by Crippen LogP contribution is 2.27. The Morgan fingerprint density at radius 3 is 2.34 bits per heavy atom. The molecule has 2 aliphatic rings. The molecule has 0 spiro atoms. The number of aliphatic hydroxyl groups excluding tert-OH is 2. The van der Waals surface area contributed by atoms with Crippen molar-refractivity contribution >= 4 is 36.5 Å². The van der Waals surface area contributed by atoms with Gasteiger partial charge in [0.15, 0.2) is 0 Å². The van der Waals surface area contributed by atoms with Crippen LogP contribution in [0.2, 0.25) is 0 Å². The molecule has 1 aromatic heterocycles. The minimum Gasteiger partial charge on any atom is -0.394 e. The van der Waals surface area contributed by atoms with Gasteiger partial charge in [-0.15, -0.1) is 24.8 Å². The van der Waals surface area contributed by atoms with Crippen molar-refractivity contribution in [2.45, 2.75) is 24.4 Å². The molecular weight excluding hydrogens is 455 g/mol. The van der Waals surface area contributed by atoms with Crippen LogP contribution in [0, 0.1) is 0 Å². The number of nitrogens with zero attached hydrogens (tertiary/aromatic N) is 3. The summed E-state index contributed by atoms with van der Waals surface area (Å²) < 4.78 is 5.90. The molecule has 0 aliphatic carbocycles. The summed E-state index contributed by atoms with van der Waals surface area (Å²) >= 11 is 0. The zero-order chi connectivity index (χ0) is 20.9. The molecule has 3 heterocycles. The maximum atomic E-state index is 12.4. The third-order valence-corrected chi connectivity index (χ3v) is 5.85. The van der Waals surface area contributed by atoms with Crippen LogP contribution in [0.4, 0.5) is 5.82 Å². The van der Waals surface area contributed by atoms with Gasteiger partial charge >= 0.3 is 0 Å². The van der Waals surface area contributed by atoms with E-state index < -0.39 is 18.3 Å². The summed E-state index contributed by atoms with van der Waals surface area (Å²) in [6, 6.07) is 14.6. The van der Waals surface area contributed by atoms with Gasteiger partial charge in [-0.3, -0.25) is 9.69 Å². The number of hydrogen-bond acceptors (Lipinski definition) is 7. The van der Waals surface area contributed by atoms with Crippen LogP contribution in [0.15, 0.2) is 54.7 Å². The van der Waals surface area contributed by atoms with E-state index in [1.165, 1.54) is 0 Å². The minimum atomic E-state index is -0.810. The number of ether oxygens (including phenoxy) is 1. The van der Waals surface area contributed by atoms with Crippen LogP contribution in [0.5, 0.6) is 0 Å². The predicted octanol–water partition coefficient (Wildman–Crippen LogP) is 0.966. The number of benzene rings is 1. The smallest absolute Gasteiger partial charge is 0.251 e. The number of rotatable bonds is 6. The number of carbonyl (C=O) groups excluding carboxylic acids is 1. The predicted molar refractivity (Wildman–Crippen MR) is 127 cm³/mol. The van der Waals surface area contributed by atoms with Crippen molar-refractivity contribution in [3.8, 4) is 0 Å². The van der Waals surface area contributed by atoms with Gasteiger partial charge in [0, 0.05) is 44.5 Å². The van der Waals surface area contributed by atoms with E-state index in [0.717, 1.165) is 32.0 Å². The molecule has 10 heteroatoms. The molecule has 2 saturated heterocycles. The number of halogens is 2. The lowest BCUT2D eigenvalue weighted by molar-refractivity contribution is -0.0209. The highest BCUT2D eigenvalue weighted by atomic mass is 35.5. The zero-order valence-corrected chi connectivity index (χ0v) is 19.3. The summed E-state index contributed by atoms with van der Waals surface area (Å²) in [6.45, 7) is 3.06. The summed E-state index contributed by atoms with van der Waals surface area (Å²) in [5.41, 5.74) is 0.579. The highest BCUT2D eigenvalue weighted by Gasteiger charge is 2.46. The fourth-order valence-electron chi connectivity index (χ4n) is 4.27. The first-order chi connectivity index (χ1) is 14.7. The van der Waals surface area contributed by atoms with Gasteiger partial charge in [0.05, 0.1) is 18.8 Å². The maximum Gasteiger partial charge on any atom is 0.251 e. The van der Waals surface area contributed by atoms with Crippen LogP contribution >= 0.6 is 24.8 Å². The van der Waals surface area contributed by atoms with Gasteiger partial charge in [-0.25, -0.2) is 4.98 Å². The second-order valence-corrected chi connectivity index (χ2v) is 7.66. The zero-order valence-electron chi connectivity index (χ0n) is 17.6. The van der Waals surface area contributed by atoms with E-state index in [0.29, 0.717) is 5.56 Å². The number of amides is 1. The number of pyridine rings is 1. The van der Waals surface area contributed by atoms with Gasteiger partial charge in [-0.05, 0) is 24.3 Å². The molecule has 0 unspecified atom stereocenters. The largest absolute Gasteiger partial charge is 0.394 e. The van der Waals surface area contributed by atoms with Gasteiger partial charge in [-0.1, -0.05) is 24.3 Å². The molecule has 1 aromatic carbocycles. The second-order valence-electron chi connectivity index (χ2n) is 7.66. The number of aromatic nitrogens is 1. The van der Waals surface area contributed by atoms with Crippen LogP contribution in [-0.4, -0.2) is 89.7 Å². The van der Waals surface area contributed by atoms with Crippen molar-refractivity contribution in [3.05, 3.63) is 60.3 Å². The lowest BCUT2D eigenvalue weighted by Gasteiger charge is -2.40. The monoisotopic (exact) mass is 484 g/mol. The summed E-state index contributed by atoms with van der Waals surface area (Å²) in [7, 11) is 0. The Kier molecular flexibility index (Phi) is 10.1. The minimum absolute atomic E-state index is 0. The molecule has 1 amide bonds. The van der Waals surface area contributed by atoms with Crippen molar-refractivity contribution in [2.24, 2.45) is 0 Å². The van der Waals surface area contributed by atoms with Crippen molar-refractivity contribution in [1.29, 1.82) is 0 Å². The molecular formula is C22H30Cl2N4O4. The summed E-state index contributed by atoms with van der Waals surface area (Å²) in [4.78, 5) is 21.2. The van der Waals surface area contributed by atoms with Gasteiger partial charge in [-0.2, -0.15) is 0 Å². The lowest BCUT2D eigenvalue weighted by atomic mass is 10.0. The Morgan fingerprint density at radius 2 is 1.72 bits per heavy atom. The van der Waals surface area contributed by atoms with E-state index in [2.05, 4.69) is 20.1 Å². The Bertz CT molecular complexity index is 825. The number of carbonyl (C=O) groups is 1. The Labute approximate surface area is 200 Å². The standard InChI is InChI=1S/C22H28N4O4.2ClH/c27-15-18-21(28)20(17(30-18)14-24-22(29)16-6-2-1-3-7-16)26-12-10-25(11-13-26)19-8-4-5-9-23-19;;/h1-9,17-18,20-21,27-28H,10-15H2,(H,24,29);2*1H/t17-,18+,20+,21-;;/m1../s1. The first-order valence-electron chi connectivity index (χ1n) is 10.3. The van der Waals surface area contributed by atoms with Crippen molar-refractivity contribution in [1.82, 2.24) is 15.2 Å². The molecule has 2 aromatic rings. The van der Waals surface area contributed by atoms with E-state index in [-0.39, 0.29) is 49.9 Å². The number of aliphatic hydroxyl groups is 2. The van der Waals surface area contributed by atoms with Crippen molar-refractivity contribution < 1.29 is 19.7 Å². The van der Waals surface area contributed by atoms with Crippen molar-refractivity contribution in [3.63, 3.8) is 0 Å². The average Bonchev–Trinajstić information content (AvgIpc) is 3.14. The third-order valence-electron chi connectivity index (χ3n) is 5.85. The van der Waals surface area contributed by atoms with Gasteiger partial charge in [0.25, 0.3) is 5.91 Å². The average molecular weight is 485 g/mol. The second kappa shape index (κ2) is 12.3. The van der Waals surface area contributed by atoms with Crippen LogP contribution < -0.4 is 10.2 Å². The van der Waals surface area contributed by atoms with Crippen LogP contribution in [0.25, 0.3) is 0 Å². The number of piperazine rings is 1. The van der Waals surface area contributed by atoms with E-state index in [1.807, 2.05) is 36.4 Å². The first kappa shape index (κ1) is 26.3. The Balaban J connectivity index is 0.00000181. The maximum absolute atomic E-state index is 12.4. The quantitative estimate of drug-likeness (QED) is 0.561. The van der Waals surface area contributed by atoms with Gasteiger partial charge < -0.3 is 25.2 Å². The van der Waals surface area contributed by atoms with E-state index in [1.54, 1.807) is 18.3 Å². The molecule has 2 aliphatic heterocycles. The molecule has 3 N–H and O–H groups in total. The normalized spacial score (nSPS) is 25.5. The Hall–Kier alpha value is -1.94. The molecule has 8 nitrogen and oxygen atoms in total. The van der Waals surface area contributed by atoms with Gasteiger partial charge in [0.2, 0.25) is 0 Å². The van der Waals surface area contributed by atoms with E-state index >= 15 is 0 Å². The SMILES string of the molecule is Cl.Cl.O=C(NC[C@H]1O[C@@H](CO)[C@@H](O)[C@H]1N1CCN(c2ccccn2)CC1)c1ccccc1. The summed E-state index contributed by atoms with van der Waals surface area (Å²) in [5, 5.41) is 23.3. The van der Waals surface area contributed by atoms with Gasteiger partial charge in [0.1, 0.15) is 18.0 Å². The van der Waals surface area contributed by atoms with Crippen LogP contribution in [0.3, 0.4) is 0 Å². The number of nitrogens with one attached hydrogen (secondary N) is 1. The molecule has 0 bridgehead atoms. The fourth-order valence-corrected chi connectivity index (χ4v) is 4.27. The topological polar surface area (TPSA) is 98.2 Å². The molecule has 4 atom stereocenters. The lowest BCUT2D eigenvalue weighted by Crippen LogP contribution is -2.57. The number of anilines is 1. The highest BCUT2D eigenvalue weighted by molar-refractivity contribution is 5.94. The molecule has 4 rings (SSSR count). The molecule has 2 fully saturated rings. The Morgan fingerprint density at radius 1 is 1.03 bits per heavy atom. The summed E-state index contributed by atoms with van der Waals surface area (Å²) in [6.07, 6.45) is -0.0724. The summed E-state index contributed by atoms with van der Waals surface area (Å²) in [5.74, 6) is 0.764. The third kappa shape index (κ3) is 5.89. The van der Waals surface area contributed by atoms with Crippen LogP contribution in [-0.2, 0) is 4.74 Å². The van der Waals surface area contributed by atoms with E-state index in [9.17, 15) is 15.0 Å². The molecule has 0 radical (unpaired) electrons. The van der Waals surface area contributed by atoms with Crippen LogP contribution in [0.1, 0.15) is 10.4 Å². The molecule has 32 heavy (non-hydrogen) atoms. The van der Waals surface area contributed by atoms with E-state index in [4.69, 9.17) is 4.74 Å². The first-order valence-corrected chi connectivity index (χ1v) is 10.3. The number of hydrogen-bond donors (Lipinski definition) is 3. The molecule has 0 saturated carbocycles. The fraction of sp³-hybridized carbons (Fsp3) is 0.455. The van der Waals surface area contributed by atoms with Crippen molar-refractivity contribution in [2.75, 3.05) is 44.2 Å². The molecule has 176 valence electrons.